The Balaban J connectivity index is 3.31. The summed E-state index contributed by atoms with van der Waals surface area (Å²) in [5.41, 5.74) is 5.53. The zero-order valence-electron chi connectivity index (χ0n) is 7.63. The number of hydrogen-bond acceptors (Lipinski definition) is 3. The molecule has 0 aromatic heterocycles. The highest BCUT2D eigenvalue weighted by Crippen LogP contribution is 1.96. The summed E-state index contributed by atoms with van der Waals surface area (Å²) in [7, 11) is 4.03. The smallest absolute Gasteiger partial charge is 0.146 e. The molecule has 1 atom stereocenters. The molecule has 0 aromatic carbocycles. The van der Waals surface area contributed by atoms with Crippen LogP contribution in [0.4, 0.5) is 0 Å². The van der Waals surface area contributed by atoms with Crippen LogP contribution in [-0.2, 0) is 4.79 Å². The normalized spacial score (nSPS) is 13.5. The summed E-state index contributed by atoms with van der Waals surface area (Å²) in [6, 6.07) is -0.255. The molecule has 0 bridgehead atoms. The van der Waals surface area contributed by atoms with Crippen molar-refractivity contribution in [3.05, 3.63) is 0 Å². The van der Waals surface area contributed by atoms with Gasteiger partial charge in [-0.15, -0.1) is 0 Å². The van der Waals surface area contributed by atoms with Crippen molar-refractivity contribution >= 4 is 5.78 Å². The fraction of sp³-hybridized carbons (Fsp3) is 0.875. The van der Waals surface area contributed by atoms with Crippen LogP contribution in [0.3, 0.4) is 0 Å². The van der Waals surface area contributed by atoms with Gasteiger partial charge in [-0.05, 0) is 40.4 Å². The molecule has 0 aromatic rings. The standard InChI is InChI=1S/C8H18N2O/c1-7(11)8(9)5-4-6-10(2)3/h8H,4-6,9H2,1-3H3. The van der Waals surface area contributed by atoms with Gasteiger partial charge in [-0.3, -0.25) is 4.79 Å². The van der Waals surface area contributed by atoms with E-state index in [4.69, 9.17) is 5.73 Å². The molecule has 0 aliphatic rings. The Labute approximate surface area is 68.6 Å². The highest BCUT2D eigenvalue weighted by molar-refractivity contribution is 5.80. The van der Waals surface area contributed by atoms with Crippen LogP contribution in [0.1, 0.15) is 19.8 Å². The molecule has 2 N–H and O–H groups in total. The Kier molecular flexibility index (Phi) is 5.07. The topological polar surface area (TPSA) is 46.3 Å². The highest BCUT2D eigenvalue weighted by Gasteiger charge is 2.06. The number of carbonyl (C=O) groups excluding carboxylic acids is 1. The predicted molar refractivity (Wildman–Crippen MR) is 46.4 cm³/mol. The van der Waals surface area contributed by atoms with Gasteiger partial charge in [-0.2, -0.15) is 0 Å². The first kappa shape index (κ1) is 10.6. The number of Topliss-reactive ketones (excluding diaryl/α,β-unsaturated/α-hetero) is 1. The summed E-state index contributed by atoms with van der Waals surface area (Å²) in [6.07, 6.45) is 1.79. The Morgan fingerprint density at radius 1 is 1.55 bits per heavy atom. The van der Waals surface area contributed by atoms with Gasteiger partial charge in [-0.25, -0.2) is 0 Å². The summed E-state index contributed by atoms with van der Waals surface area (Å²) < 4.78 is 0. The van der Waals surface area contributed by atoms with Crippen molar-refractivity contribution in [1.29, 1.82) is 0 Å². The van der Waals surface area contributed by atoms with E-state index in [9.17, 15) is 4.79 Å². The van der Waals surface area contributed by atoms with Crippen LogP contribution in [0.2, 0.25) is 0 Å². The molecule has 0 heterocycles. The Morgan fingerprint density at radius 3 is 2.45 bits per heavy atom. The van der Waals surface area contributed by atoms with Crippen molar-refractivity contribution in [2.24, 2.45) is 5.73 Å². The van der Waals surface area contributed by atoms with Gasteiger partial charge in [0.05, 0.1) is 6.04 Å². The minimum atomic E-state index is -0.255. The third kappa shape index (κ3) is 6.01. The molecule has 3 nitrogen and oxygen atoms in total. The fourth-order valence-electron chi connectivity index (χ4n) is 0.831. The number of nitrogens with zero attached hydrogens (tertiary/aromatic N) is 1. The Hall–Kier alpha value is -0.410. The number of hydrogen-bond donors (Lipinski definition) is 1. The lowest BCUT2D eigenvalue weighted by molar-refractivity contribution is -0.118. The van der Waals surface area contributed by atoms with E-state index in [-0.39, 0.29) is 11.8 Å². The lowest BCUT2D eigenvalue weighted by Crippen LogP contribution is -2.29. The van der Waals surface area contributed by atoms with Gasteiger partial charge in [-0.1, -0.05) is 0 Å². The lowest BCUT2D eigenvalue weighted by atomic mass is 10.1. The summed E-state index contributed by atoms with van der Waals surface area (Å²) >= 11 is 0. The van der Waals surface area contributed by atoms with Crippen molar-refractivity contribution in [2.45, 2.75) is 25.8 Å². The minimum Gasteiger partial charge on any atom is -0.322 e. The molecule has 1 unspecified atom stereocenters. The molecule has 0 aliphatic carbocycles. The van der Waals surface area contributed by atoms with E-state index < -0.39 is 0 Å². The predicted octanol–water partition coefficient (Wildman–Crippen LogP) is 0.244. The molecule has 0 amide bonds. The number of carbonyl (C=O) groups is 1. The SMILES string of the molecule is CC(=O)C(N)CCCN(C)C. The van der Waals surface area contributed by atoms with Gasteiger partial charge >= 0.3 is 0 Å². The molecule has 0 fully saturated rings. The van der Waals surface area contributed by atoms with Crippen LogP contribution >= 0.6 is 0 Å². The Morgan fingerprint density at radius 2 is 2.09 bits per heavy atom. The zero-order valence-corrected chi connectivity index (χ0v) is 7.63. The average Bonchev–Trinajstić information content (AvgIpc) is 1.86. The van der Waals surface area contributed by atoms with E-state index in [1.165, 1.54) is 0 Å². The van der Waals surface area contributed by atoms with E-state index in [1.54, 1.807) is 6.92 Å². The van der Waals surface area contributed by atoms with Crippen molar-refractivity contribution in [2.75, 3.05) is 20.6 Å². The summed E-state index contributed by atoms with van der Waals surface area (Å²) in [5, 5.41) is 0. The molecule has 11 heavy (non-hydrogen) atoms. The molecular formula is C8H18N2O. The maximum atomic E-state index is 10.7. The highest BCUT2D eigenvalue weighted by atomic mass is 16.1. The van der Waals surface area contributed by atoms with Crippen LogP contribution in [-0.4, -0.2) is 37.4 Å². The van der Waals surface area contributed by atoms with E-state index in [0.29, 0.717) is 0 Å². The summed E-state index contributed by atoms with van der Waals surface area (Å²) in [6.45, 7) is 2.54. The second-order valence-corrected chi connectivity index (χ2v) is 3.16. The van der Waals surface area contributed by atoms with Crippen LogP contribution in [0.5, 0.6) is 0 Å². The number of rotatable bonds is 5. The maximum absolute atomic E-state index is 10.7. The second kappa shape index (κ2) is 5.27. The van der Waals surface area contributed by atoms with E-state index in [2.05, 4.69) is 4.90 Å². The van der Waals surface area contributed by atoms with Crippen LogP contribution in [0.25, 0.3) is 0 Å². The first-order valence-electron chi connectivity index (χ1n) is 3.95. The third-order valence-electron chi connectivity index (χ3n) is 1.64. The molecule has 0 saturated carbocycles. The van der Waals surface area contributed by atoms with Crippen molar-refractivity contribution in [1.82, 2.24) is 4.90 Å². The van der Waals surface area contributed by atoms with Gasteiger partial charge in [0.25, 0.3) is 0 Å². The molecule has 0 rings (SSSR count). The molecular weight excluding hydrogens is 140 g/mol. The minimum absolute atomic E-state index is 0.0868. The molecule has 0 spiro atoms. The first-order chi connectivity index (χ1) is 5.04. The summed E-state index contributed by atoms with van der Waals surface area (Å²) in [4.78, 5) is 12.8. The van der Waals surface area contributed by atoms with Crippen molar-refractivity contribution in [3.63, 3.8) is 0 Å². The first-order valence-corrected chi connectivity index (χ1v) is 3.95. The Bertz CT molecular complexity index is 123. The molecule has 66 valence electrons. The fourth-order valence-corrected chi connectivity index (χ4v) is 0.831. The van der Waals surface area contributed by atoms with Gasteiger partial charge in [0.15, 0.2) is 0 Å². The molecule has 3 heteroatoms. The van der Waals surface area contributed by atoms with Gasteiger partial charge in [0.2, 0.25) is 0 Å². The van der Waals surface area contributed by atoms with E-state index >= 15 is 0 Å². The third-order valence-corrected chi connectivity index (χ3v) is 1.64. The van der Waals surface area contributed by atoms with E-state index in [1.807, 2.05) is 14.1 Å². The quantitative estimate of drug-likeness (QED) is 0.623. The molecule has 0 radical (unpaired) electrons. The van der Waals surface area contributed by atoms with Crippen LogP contribution in [0.15, 0.2) is 0 Å². The largest absolute Gasteiger partial charge is 0.322 e. The summed E-state index contributed by atoms with van der Waals surface area (Å²) in [5.74, 6) is 0.0868. The van der Waals surface area contributed by atoms with Gasteiger partial charge in [0.1, 0.15) is 5.78 Å². The van der Waals surface area contributed by atoms with Crippen molar-refractivity contribution in [3.8, 4) is 0 Å². The van der Waals surface area contributed by atoms with Crippen LogP contribution < -0.4 is 5.73 Å². The monoisotopic (exact) mass is 158 g/mol. The second-order valence-electron chi connectivity index (χ2n) is 3.16. The maximum Gasteiger partial charge on any atom is 0.146 e. The van der Waals surface area contributed by atoms with Gasteiger partial charge in [0, 0.05) is 0 Å². The average molecular weight is 158 g/mol. The number of ketones is 1. The van der Waals surface area contributed by atoms with Gasteiger partial charge < -0.3 is 10.6 Å². The van der Waals surface area contributed by atoms with Crippen molar-refractivity contribution < 1.29 is 4.79 Å². The molecule has 0 saturated heterocycles. The lowest BCUT2D eigenvalue weighted by Gasteiger charge is -2.11. The van der Waals surface area contributed by atoms with E-state index in [0.717, 1.165) is 19.4 Å². The zero-order chi connectivity index (χ0) is 8.85. The number of nitrogens with two attached hydrogens (primary N) is 1. The molecule has 0 aliphatic heterocycles. The van der Waals surface area contributed by atoms with Crippen LogP contribution in [0, 0.1) is 0 Å².